The maximum Gasteiger partial charge on any atom is 0.416 e. The highest BCUT2D eigenvalue weighted by Crippen LogP contribution is 2.38. The van der Waals surface area contributed by atoms with Crippen LogP contribution in [-0.2, 0) is 16.0 Å². The lowest BCUT2D eigenvalue weighted by molar-refractivity contribution is -0.135. The molecule has 2 fully saturated rings. The van der Waals surface area contributed by atoms with Gasteiger partial charge in [-0.1, -0.05) is 30.3 Å². The van der Waals surface area contributed by atoms with Crippen LogP contribution in [0.1, 0.15) is 18.4 Å². The zero-order chi connectivity index (χ0) is 14.8. The number of aliphatic hydroxyl groups is 1. The van der Waals surface area contributed by atoms with Crippen LogP contribution in [0.3, 0.4) is 0 Å². The molecule has 0 unspecified atom stereocenters. The lowest BCUT2D eigenvalue weighted by atomic mass is 10.0. The fraction of sp³-hybridized carbons (Fsp3) is 0.500. The van der Waals surface area contributed by atoms with Gasteiger partial charge < -0.3 is 9.84 Å². The molecule has 0 spiro atoms. The highest BCUT2D eigenvalue weighted by molar-refractivity contribution is 5.95. The molecule has 112 valence electrons. The van der Waals surface area contributed by atoms with Gasteiger partial charge >= 0.3 is 6.09 Å². The summed E-state index contributed by atoms with van der Waals surface area (Å²) in [6, 6.07) is 9.45. The van der Waals surface area contributed by atoms with Crippen molar-refractivity contribution in [1.29, 1.82) is 0 Å². The van der Waals surface area contributed by atoms with Gasteiger partial charge in [0.2, 0.25) is 5.91 Å². The highest BCUT2D eigenvalue weighted by Gasteiger charge is 2.45. The fourth-order valence-electron chi connectivity index (χ4n) is 2.87. The first kappa shape index (κ1) is 14.1. The lowest BCUT2D eigenvalue weighted by Gasteiger charge is -2.23. The van der Waals surface area contributed by atoms with Crippen LogP contribution >= 0.6 is 0 Å². The molecule has 1 saturated heterocycles. The highest BCUT2D eigenvalue weighted by atomic mass is 16.6. The average molecular weight is 289 g/mol. The Labute approximate surface area is 123 Å². The Kier molecular flexibility index (Phi) is 3.92. The molecule has 0 bridgehead atoms. The van der Waals surface area contributed by atoms with Gasteiger partial charge in [0.25, 0.3) is 0 Å². The van der Waals surface area contributed by atoms with E-state index >= 15 is 0 Å². The van der Waals surface area contributed by atoms with Gasteiger partial charge in [-0.15, -0.1) is 0 Å². The van der Waals surface area contributed by atoms with E-state index in [-0.39, 0.29) is 31.1 Å². The molecule has 5 heteroatoms. The number of cyclic esters (lactones) is 1. The van der Waals surface area contributed by atoms with E-state index in [1.165, 1.54) is 4.90 Å². The van der Waals surface area contributed by atoms with E-state index in [1.54, 1.807) is 0 Å². The quantitative estimate of drug-likeness (QED) is 0.894. The fourth-order valence-corrected chi connectivity index (χ4v) is 2.87. The molecule has 1 aromatic rings. The summed E-state index contributed by atoms with van der Waals surface area (Å²) in [5.41, 5.74) is 1.06. The van der Waals surface area contributed by atoms with Crippen molar-refractivity contribution < 1.29 is 19.4 Å². The van der Waals surface area contributed by atoms with Crippen LogP contribution in [0.25, 0.3) is 0 Å². The predicted octanol–water partition coefficient (Wildman–Crippen LogP) is 1.59. The normalized spacial score (nSPS) is 23.0. The molecule has 1 aliphatic carbocycles. The molecule has 1 aromatic carbocycles. The maximum absolute atomic E-state index is 12.5. The van der Waals surface area contributed by atoms with Gasteiger partial charge in [0.05, 0.1) is 18.6 Å². The van der Waals surface area contributed by atoms with Crippen LogP contribution in [0.4, 0.5) is 4.79 Å². The van der Waals surface area contributed by atoms with Crippen molar-refractivity contribution >= 4 is 12.0 Å². The van der Waals surface area contributed by atoms with E-state index in [4.69, 9.17) is 4.74 Å². The van der Waals surface area contributed by atoms with Crippen molar-refractivity contribution in [1.82, 2.24) is 4.90 Å². The first-order valence-corrected chi connectivity index (χ1v) is 7.35. The number of nitrogens with zero attached hydrogens (tertiary/aromatic N) is 1. The summed E-state index contributed by atoms with van der Waals surface area (Å²) in [5, 5.41) is 9.43. The first-order chi connectivity index (χ1) is 10.2. The average Bonchev–Trinajstić information content (AvgIpc) is 3.25. The number of amides is 2. The van der Waals surface area contributed by atoms with E-state index < -0.39 is 12.0 Å². The van der Waals surface area contributed by atoms with E-state index in [9.17, 15) is 14.7 Å². The Bertz CT molecular complexity index is 526. The van der Waals surface area contributed by atoms with Crippen molar-refractivity contribution in [3.05, 3.63) is 35.9 Å². The molecule has 2 aliphatic rings. The summed E-state index contributed by atoms with van der Waals surface area (Å²) < 4.78 is 5.05. The largest absolute Gasteiger partial charge is 0.447 e. The number of carbonyl (C=O) groups is 2. The number of hydrogen-bond donors (Lipinski definition) is 1. The number of benzene rings is 1. The first-order valence-electron chi connectivity index (χ1n) is 7.35. The summed E-state index contributed by atoms with van der Waals surface area (Å²) in [4.78, 5) is 25.6. The number of rotatable bonds is 5. The minimum absolute atomic E-state index is 0.203. The van der Waals surface area contributed by atoms with Crippen LogP contribution in [0.5, 0.6) is 0 Å². The standard InChI is InChI=1S/C16H19NO4/c18-9-14(12-6-7-12)15(19)17-13(10-21-16(17)20)8-11-4-2-1-3-5-11/h1-5,12-14,18H,6-10H2/t13-,14-/m1/s1. The van der Waals surface area contributed by atoms with Gasteiger partial charge in [-0.05, 0) is 30.7 Å². The number of aliphatic hydroxyl groups excluding tert-OH is 1. The van der Waals surface area contributed by atoms with Gasteiger partial charge in [0, 0.05) is 0 Å². The minimum atomic E-state index is -0.583. The Hall–Kier alpha value is -1.88. The third-order valence-corrected chi connectivity index (χ3v) is 4.22. The molecule has 0 aromatic heterocycles. The van der Waals surface area contributed by atoms with Crippen molar-refractivity contribution in [3.8, 4) is 0 Å². The monoisotopic (exact) mass is 289 g/mol. The predicted molar refractivity (Wildman–Crippen MR) is 75.4 cm³/mol. The minimum Gasteiger partial charge on any atom is -0.447 e. The van der Waals surface area contributed by atoms with Crippen molar-refractivity contribution in [2.75, 3.05) is 13.2 Å². The zero-order valence-electron chi connectivity index (χ0n) is 11.8. The Morgan fingerprint density at radius 3 is 2.67 bits per heavy atom. The Balaban J connectivity index is 1.74. The van der Waals surface area contributed by atoms with Crippen LogP contribution < -0.4 is 0 Å². The molecule has 21 heavy (non-hydrogen) atoms. The molecule has 2 amide bonds. The topological polar surface area (TPSA) is 66.8 Å². The molecule has 1 aliphatic heterocycles. The van der Waals surface area contributed by atoms with Gasteiger partial charge in [0.15, 0.2) is 0 Å². The van der Waals surface area contributed by atoms with Crippen LogP contribution in [0.15, 0.2) is 30.3 Å². The second kappa shape index (κ2) is 5.85. The number of ether oxygens (including phenoxy) is 1. The number of hydrogen-bond acceptors (Lipinski definition) is 4. The van der Waals surface area contributed by atoms with Gasteiger partial charge in [-0.2, -0.15) is 0 Å². The van der Waals surface area contributed by atoms with E-state index in [0.29, 0.717) is 6.42 Å². The number of carbonyl (C=O) groups excluding carboxylic acids is 2. The summed E-state index contributed by atoms with van der Waals surface area (Å²) in [6.45, 7) is 0.0214. The smallest absolute Gasteiger partial charge is 0.416 e. The molecule has 3 rings (SSSR count). The van der Waals surface area contributed by atoms with Crippen molar-refractivity contribution in [2.45, 2.75) is 25.3 Å². The molecule has 5 nitrogen and oxygen atoms in total. The summed E-state index contributed by atoms with van der Waals surface area (Å²) in [5.74, 6) is -0.536. The van der Waals surface area contributed by atoms with Crippen molar-refractivity contribution in [2.24, 2.45) is 11.8 Å². The molecule has 2 atom stereocenters. The third-order valence-electron chi connectivity index (χ3n) is 4.22. The van der Waals surface area contributed by atoms with E-state index in [0.717, 1.165) is 18.4 Å². The summed E-state index contributed by atoms with van der Waals surface area (Å²) in [7, 11) is 0. The molecule has 1 saturated carbocycles. The zero-order valence-corrected chi connectivity index (χ0v) is 11.8. The molecule has 0 radical (unpaired) electrons. The Morgan fingerprint density at radius 1 is 1.33 bits per heavy atom. The summed E-state index contributed by atoms with van der Waals surface area (Å²) in [6.07, 6.45) is 1.90. The van der Waals surface area contributed by atoms with E-state index in [1.807, 2.05) is 30.3 Å². The molecular formula is C16H19NO4. The Morgan fingerprint density at radius 2 is 2.05 bits per heavy atom. The second-order valence-corrected chi connectivity index (χ2v) is 5.76. The van der Waals surface area contributed by atoms with Crippen molar-refractivity contribution in [3.63, 3.8) is 0 Å². The molecule has 1 N–H and O–H groups in total. The summed E-state index contributed by atoms with van der Waals surface area (Å²) >= 11 is 0. The number of imide groups is 1. The van der Waals surface area contributed by atoms with Crippen LogP contribution in [0, 0.1) is 11.8 Å². The van der Waals surface area contributed by atoms with Gasteiger partial charge in [-0.25, -0.2) is 9.69 Å². The maximum atomic E-state index is 12.5. The van der Waals surface area contributed by atoms with E-state index in [2.05, 4.69) is 0 Å². The second-order valence-electron chi connectivity index (χ2n) is 5.76. The van der Waals surface area contributed by atoms with Gasteiger partial charge in [-0.3, -0.25) is 4.79 Å². The molecular weight excluding hydrogens is 270 g/mol. The van der Waals surface area contributed by atoms with Crippen LogP contribution in [-0.4, -0.2) is 41.3 Å². The lowest BCUT2D eigenvalue weighted by Crippen LogP contribution is -2.45. The molecule has 1 heterocycles. The van der Waals surface area contributed by atoms with Crippen LogP contribution in [0.2, 0.25) is 0 Å². The SMILES string of the molecule is O=C1OC[C@@H](Cc2ccccc2)N1C(=O)[C@H](CO)C1CC1. The third kappa shape index (κ3) is 2.93. The van der Waals surface area contributed by atoms with Gasteiger partial charge in [0.1, 0.15) is 6.61 Å².